The summed E-state index contributed by atoms with van der Waals surface area (Å²) in [6, 6.07) is 8.64. The summed E-state index contributed by atoms with van der Waals surface area (Å²) >= 11 is 0. The monoisotopic (exact) mass is 315 g/mol. The van der Waals surface area contributed by atoms with Crippen molar-refractivity contribution >= 4 is 11.9 Å². The van der Waals surface area contributed by atoms with Gasteiger partial charge in [-0.2, -0.15) is 0 Å². The standard InChI is InChI=1S/C19H25NO3/c1-12(2)13-3-5-14(6-4-13)16-11-17(16)18(21)20-9-7-15(8-10-20)19(22)23/h3-6,12,15-17H,7-11H2,1-2H3,(H,22,23)/t16-,17-/m0/s1. The van der Waals surface area contributed by atoms with Crippen molar-refractivity contribution in [2.45, 2.75) is 44.9 Å². The number of carboxylic acids is 1. The highest BCUT2D eigenvalue weighted by atomic mass is 16.4. The van der Waals surface area contributed by atoms with E-state index >= 15 is 0 Å². The van der Waals surface area contributed by atoms with E-state index in [1.807, 2.05) is 4.90 Å². The number of hydrogen-bond acceptors (Lipinski definition) is 2. The summed E-state index contributed by atoms with van der Waals surface area (Å²) in [7, 11) is 0. The molecule has 0 bridgehead atoms. The lowest BCUT2D eigenvalue weighted by atomic mass is 9.96. The molecule has 1 aliphatic heterocycles. The fourth-order valence-corrected chi connectivity index (χ4v) is 3.55. The number of amides is 1. The molecule has 1 heterocycles. The SMILES string of the molecule is CC(C)c1ccc([C@@H]2C[C@@H]2C(=O)N2CCC(C(=O)O)CC2)cc1. The smallest absolute Gasteiger partial charge is 0.306 e. The predicted octanol–water partition coefficient (Wildman–Crippen LogP) is 3.24. The largest absolute Gasteiger partial charge is 0.481 e. The summed E-state index contributed by atoms with van der Waals surface area (Å²) in [6.45, 7) is 5.54. The van der Waals surface area contributed by atoms with Crippen molar-refractivity contribution in [1.29, 1.82) is 0 Å². The van der Waals surface area contributed by atoms with E-state index in [4.69, 9.17) is 5.11 Å². The molecule has 2 atom stereocenters. The lowest BCUT2D eigenvalue weighted by molar-refractivity contribution is -0.146. The van der Waals surface area contributed by atoms with Crippen LogP contribution >= 0.6 is 0 Å². The Labute approximate surface area is 137 Å². The van der Waals surface area contributed by atoms with Crippen LogP contribution in [0.15, 0.2) is 24.3 Å². The molecule has 2 aliphatic rings. The van der Waals surface area contributed by atoms with Gasteiger partial charge in [-0.05, 0) is 42.2 Å². The summed E-state index contributed by atoms with van der Waals surface area (Å²) in [5.74, 6) is 0.175. The first kappa shape index (κ1) is 16.0. The van der Waals surface area contributed by atoms with Crippen molar-refractivity contribution < 1.29 is 14.7 Å². The van der Waals surface area contributed by atoms with Crippen molar-refractivity contribution in [2.75, 3.05) is 13.1 Å². The van der Waals surface area contributed by atoms with E-state index < -0.39 is 5.97 Å². The molecule has 1 aromatic carbocycles. The van der Waals surface area contributed by atoms with Crippen LogP contribution in [0.2, 0.25) is 0 Å². The van der Waals surface area contributed by atoms with Crippen LogP contribution in [-0.2, 0) is 9.59 Å². The summed E-state index contributed by atoms with van der Waals surface area (Å²) < 4.78 is 0. The molecule has 0 unspecified atom stereocenters. The van der Waals surface area contributed by atoms with Gasteiger partial charge >= 0.3 is 5.97 Å². The predicted molar refractivity (Wildman–Crippen MR) is 88.3 cm³/mol. The highest BCUT2D eigenvalue weighted by Crippen LogP contribution is 2.48. The van der Waals surface area contributed by atoms with Crippen LogP contribution in [0.25, 0.3) is 0 Å². The highest BCUT2D eigenvalue weighted by Gasteiger charge is 2.46. The topological polar surface area (TPSA) is 57.6 Å². The molecular weight excluding hydrogens is 290 g/mol. The van der Waals surface area contributed by atoms with Crippen LogP contribution in [-0.4, -0.2) is 35.0 Å². The molecule has 0 radical (unpaired) electrons. The number of hydrogen-bond donors (Lipinski definition) is 1. The Morgan fingerprint density at radius 3 is 2.26 bits per heavy atom. The molecule has 1 amide bonds. The van der Waals surface area contributed by atoms with Crippen molar-refractivity contribution in [3.63, 3.8) is 0 Å². The summed E-state index contributed by atoms with van der Waals surface area (Å²) in [5.41, 5.74) is 2.58. The minimum atomic E-state index is -0.730. The number of aliphatic carboxylic acids is 1. The second kappa shape index (κ2) is 6.34. The van der Waals surface area contributed by atoms with Crippen molar-refractivity contribution in [3.05, 3.63) is 35.4 Å². The van der Waals surface area contributed by atoms with Crippen molar-refractivity contribution in [3.8, 4) is 0 Å². The van der Waals surface area contributed by atoms with E-state index in [-0.39, 0.29) is 17.7 Å². The summed E-state index contributed by atoms with van der Waals surface area (Å²) in [4.78, 5) is 25.4. The highest BCUT2D eigenvalue weighted by molar-refractivity contribution is 5.83. The molecule has 23 heavy (non-hydrogen) atoms. The lowest BCUT2D eigenvalue weighted by Crippen LogP contribution is -2.41. The minimum absolute atomic E-state index is 0.0984. The Bertz CT molecular complexity index is 585. The first-order valence-corrected chi connectivity index (χ1v) is 8.59. The zero-order valence-corrected chi connectivity index (χ0v) is 13.9. The van der Waals surface area contributed by atoms with Crippen molar-refractivity contribution in [2.24, 2.45) is 11.8 Å². The fraction of sp³-hybridized carbons (Fsp3) is 0.579. The number of carbonyl (C=O) groups excluding carboxylic acids is 1. The fourth-order valence-electron chi connectivity index (χ4n) is 3.55. The zero-order chi connectivity index (χ0) is 16.6. The number of piperidine rings is 1. The van der Waals surface area contributed by atoms with Gasteiger partial charge in [0, 0.05) is 19.0 Å². The Morgan fingerprint density at radius 1 is 1.13 bits per heavy atom. The molecule has 1 saturated heterocycles. The van der Waals surface area contributed by atoms with Gasteiger partial charge in [0.2, 0.25) is 5.91 Å². The first-order valence-electron chi connectivity index (χ1n) is 8.59. The molecular formula is C19H25NO3. The van der Waals surface area contributed by atoms with Gasteiger partial charge in [-0.25, -0.2) is 0 Å². The Kier molecular flexibility index (Phi) is 4.42. The Balaban J connectivity index is 1.56. The number of benzene rings is 1. The van der Waals surface area contributed by atoms with E-state index in [0.29, 0.717) is 37.8 Å². The lowest BCUT2D eigenvalue weighted by Gasteiger charge is -2.30. The average Bonchev–Trinajstić information content (AvgIpc) is 3.35. The van der Waals surface area contributed by atoms with Gasteiger partial charge in [0.15, 0.2) is 0 Å². The number of rotatable bonds is 4. The van der Waals surface area contributed by atoms with E-state index in [2.05, 4.69) is 38.1 Å². The molecule has 4 heteroatoms. The maximum Gasteiger partial charge on any atom is 0.306 e. The maximum atomic E-state index is 12.6. The second-order valence-corrected chi connectivity index (χ2v) is 7.21. The van der Waals surface area contributed by atoms with Crippen LogP contribution in [0.3, 0.4) is 0 Å². The molecule has 0 spiro atoms. The van der Waals surface area contributed by atoms with Crippen LogP contribution in [0.5, 0.6) is 0 Å². The van der Waals surface area contributed by atoms with E-state index in [9.17, 15) is 9.59 Å². The third kappa shape index (κ3) is 3.41. The molecule has 1 aliphatic carbocycles. The summed E-state index contributed by atoms with van der Waals surface area (Å²) in [6.07, 6.45) is 2.10. The number of carboxylic acid groups (broad SMARTS) is 1. The zero-order valence-electron chi connectivity index (χ0n) is 13.9. The number of carbonyl (C=O) groups is 2. The number of likely N-dealkylation sites (tertiary alicyclic amines) is 1. The third-order valence-electron chi connectivity index (χ3n) is 5.29. The minimum Gasteiger partial charge on any atom is -0.481 e. The van der Waals surface area contributed by atoms with Crippen LogP contribution in [0, 0.1) is 11.8 Å². The van der Waals surface area contributed by atoms with Gasteiger partial charge in [0.1, 0.15) is 0 Å². The van der Waals surface area contributed by atoms with Gasteiger partial charge in [-0.3, -0.25) is 9.59 Å². The van der Waals surface area contributed by atoms with Gasteiger partial charge < -0.3 is 10.0 Å². The van der Waals surface area contributed by atoms with E-state index in [1.165, 1.54) is 11.1 Å². The average molecular weight is 315 g/mol. The quantitative estimate of drug-likeness (QED) is 0.928. The second-order valence-electron chi connectivity index (χ2n) is 7.21. The van der Waals surface area contributed by atoms with Crippen LogP contribution < -0.4 is 0 Å². The molecule has 4 nitrogen and oxygen atoms in total. The van der Waals surface area contributed by atoms with Gasteiger partial charge in [-0.15, -0.1) is 0 Å². The molecule has 1 saturated carbocycles. The molecule has 1 N–H and O–H groups in total. The normalized spacial score (nSPS) is 24.7. The van der Waals surface area contributed by atoms with Gasteiger partial charge in [0.05, 0.1) is 5.92 Å². The number of nitrogens with zero attached hydrogens (tertiary/aromatic N) is 1. The molecule has 124 valence electrons. The van der Waals surface area contributed by atoms with E-state index in [1.54, 1.807) is 0 Å². The Hall–Kier alpha value is -1.84. The van der Waals surface area contributed by atoms with Crippen LogP contribution in [0.1, 0.15) is 56.1 Å². The molecule has 0 aromatic heterocycles. The van der Waals surface area contributed by atoms with Gasteiger partial charge in [-0.1, -0.05) is 38.1 Å². The first-order chi connectivity index (χ1) is 11.0. The van der Waals surface area contributed by atoms with Gasteiger partial charge in [0.25, 0.3) is 0 Å². The summed E-state index contributed by atoms with van der Waals surface area (Å²) in [5, 5.41) is 9.03. The molecule has 2 fully saturated rings. The van der Waals surface area contributed by atoms with E-state index in [0.717, 1.165) is 6.42 Å². The molecule has 1 aromatic rings. The van der Waals surface area contributed by atoms with Crippen LogP contribution in [0.4, 0.5) is 0 Å². The third-order valence-corrected chi connectivity index (χ3v) is 5.29. The van der Waals surface area contributed by atoms with Crippen molar-refractivity contribution in [1.82, 2.24) is 4.90 Å². The Morgan fingerprint density at radius 2 is 1.74 bits per heavy atom. The maximum absolute atomic E-state index is 12.6. The molecule has 3 rings (SSSR count).